The number of pyridine rings is 1. The molecule has 2 saturated heterocycles. The van der Waals surface area contributed by atoms with Crippen LogP contribution in [0.3, 0.4) is 0 Å². The Balaban J connectivity index is 1.22. The van der Waals surface area contributed by atoms with E-state index in [0.29, 0.717) is 11.8 Å². The topological polar surface area (TPSA) is 94.5 Å². The van der Waals surface area contributed by atoms with Gasteiger partial charge in [-0.3, -0.25) is 4.90 Å². The lowest BCUT2D eigenvalue weighted by molar-refractivity contribution is 0.0235. The summed E-state index contributed by atoms with van der Waals surface area (Å²) in [4.78, 5) is 21.4. The number of rotatable bonds is 7. The van der Waals surface area contributed by atoms with Gasteiger partial charge in [0.05, 0.1) is 37.0 Å². The molecular formula is C23H28N6O3S. The van der Waals surface area contributed by atoms with Crippen molar-refractivity contribution < 1.29 is 14.2 Å². The second-order valence-electron chi connectivity index (χ2n) is 8.21. The van der Waals surface area contributed by atoms with Crippen LogP contribution in [0.5, 0.6) is 5.88 Å². The standard InChI is InChI=1S/C23H28N6O3S/c1-16-2-3-19(27-21(16)32-18-4-8-30-9-5-18)20-14-26-23(33-20)28-22-24-12-17(13-25-22)15-29-6-10-31-11-7-29/h2-3,12-14,18H,4-11,15H2,1H3,(H,24,25,26,28). The van der Waals surface area contributed by atoms with E-state index in [1.165, 1.54) is 11.3 Å². The van der Waals surface area contributed by atoms with Crippen LogP contribution in [0.1, 0.15) is 24.0 Å². The number of morpholine rings is 1. The number of nitrogens with zero attached hydrogens (tertiary/aromatic N) is 5. The van der Waals surface area contributed by atoms with Crippen LogP contribution in [-0.4, -0.2) is 70.5 Å². The van der Waals surface area contributed by atoms with Gasteiger partial charge in [0.1, 0.15) is 6.10 Å². The SMILES string of the molecule is Cc1ccc(-c2cnc(Nc3ncc(CN4CCOCC4)cn3)s2)nc1OC1CCOCC1. The summed E-state index contributed by atoms with van der Waals surface area (Å²) in [5.74, 6) is 1.21. The molecule has 0 bridgehead atoms. The molecule has 0 radical (unpaired) electrons. The predicted molar refractivity (Wildman–Crippen MR) is 126 cm³/mol. The van der Waals surface area contributed by atoms with Crippen molar-refractivity contribution in [1.82, 2.24) is 24.8 Å². The van der Waals surface area contributed by atoms with E-state index in [0.717, 1.165) is 85.7 Å². The lowest BCUT2D eigenvalue weighted by Gasteiger charge is -2.26. The molecule has 0 spiro atoms. The van der Waals surface area contributed by atoms with E-state index >= 15 is 0 Å². The number of ether oxygens (including phenoxy) is 3. The Morgan fingerprint density at radius 2 is 1.79 bits per heavy atom. The molecule has 174 valence electrons. The quantitative estimate of drug-likeness (QED) is 0.559. The van der Waals surface area contributed by atoms with Crippen molar-refractivity contribution in [2.24, 2.45) is 0 Å². The van der Waals surface area contributed by atoms with Gasteiger partial charge in [-0.05, 0) is 13.0 Å². The van der Waals surface area contributed by atoms with Crippen LogP contribution in [-0.2, 0) is 16.0 Å². The smallest absolute Gasteiger partial charge is 0.228 e. The normalized spacial score (nSPS) is 17.7. The molecule has 0 aromatic carbocycles. The first-order valence-electron chi connectivity index (χ1n) is 11.3. The molecule has 10 heteroatoms. The van der Waals surface area contributed by atoms with Gasteiger partial charge in [-0.1, -0.05) is 17.4 Å². The molecule has 2 aliphatic heterocycles. The second-order valence-corrected chi connectivity index (χ2v) is 9.24. The van der Waals surface area contributed by atoms with E-state index in [4.69, 9.17) is 19.2 Å². The zero-order chi connectivity index (χ0) is 22.5. The first kappa shape index (κ1) is 22.1. The first-order chi connectivity index (χ1) is 16.2. The fourth-order valence-electron chi connectivity index (χ4n) is 3.78. The maximum absolute atomic E-state index is 6.16. The monoisotopic (exact) mass is 468 g/mol. The first-order valence-corrected chi connectivity index (χ1v) is 12.1. The van der Waals surface area contributed by atoms with Gasteiger partial charge in [0.15, 0.2) is 5.13 Å². The fourth-order valence-corrected chi connectivity index (χ4v) is 4.56. The Bertz CT molecular complexity index is 1050. The Morgan fingerprint density at radius 1 is 1.03 bits per heavy atom. The lowest BCUT2D eigenvalue weighted by Crippen LogP contribution is -2.35. The number of hydrogen-bond donors (Lipinski definition) is 1. The Labute approximate surface area is 197 Å². The average Bonchev–Trinajstić information content (AvgIpc) is 3.32. The number of nitrogens with one attached hydrogen (secondary N) is 1. The zero-order valence-electron chi connectivity index (χ0n) is 18.7. The van der Waals surface area contributed by atoms with Crippen LogP contribution >= 0.6 is 11.3 Å². The summed E-state index contributed by atoms with van der Waals surface area (Å²) in [6.07, 6.45) is 7.48. The van der Waals surface area contributed by atoms with Crippen LogP contribution in [0, 0.1) is 6.92 Å². The second kappa shape index (κ2) is 10.5. The van der Waals surface area contributed by atoms with Gasteiger partial charge in [0.25, 0.3) is 0 Å². The third-order valence-electron chi connectivity index (χ3n) is 5.69. The van der Waals surface area contributed by atoms with Crippen LogP contribution in [0.25, 0.3) is 10.6 Å². The van der Waals surface area contributed by atoms with Crippen molar-refractivity contribution in [3.63, 3.8) is 0 Å². The molecular weight excluding hydrogens is 440 g/mol. The number of hydrogen-bond acceptors (Lipinski definition) is 10. The molecule has 0 aliphatic carbocycles. The minimum Gasteiger partial charge on any atom is -0.474 e. The molecule has 2 aliphatic rings. The Kier molecular flexibility index (Phi) is 7.06. The Morgan fingerprint density at radius 3 is 2.58 bits per heavy atom. The van der Waals surface area contributed by atoms with Gasteiger partial charge < -0.3 is 19.5 Å². The summed E-state index contributed by atoms with van der Waals surface area (Å²) in [5.41, 5.74) is 2.96. The van der Waals surface area contributed by atoms with E-state index in [-0.39, 0.29) is 6.10 Å². The highest BCUT2D eigenvalue weighted by atomic mass is 32.1. The van der Waals surface area contributed by atoms with Gasteiger partial charge in [-0.2, -0.15) is 0 Å². The summed E-state index contributed by atoms with van der Waals surface area (Å²) >= 11 is 1.51. The molecule has 5 rings (SSSR count). The molecule has 2 fully saturated rings. The lowest BCUT2D eigenvalue weighted by atomic mass is 10.1. The van der Waals surface area contributed by atoms with Gasteiger partial charge in [0.2, 0.25) is 11.8 Å². The largest absolute Gasteiger partial charge is 0.474 e. The molecule has 33 heavy (non-hydrogen) atoms. The van der Waals surface area contributed by atoms with Crippen molar-refractivity contribution >= 4 is 22.4 Å². The molecule has 0 amide bonds. The summed E-state index contributed by atoms with van der Waals surface area (Å²) in [7, 11) is 0. The highest BCUT2D eigenvalue weighted by Crippen LogP contribution is 2.31. The van der Waals surface area contributed by atoms with Crippen LogP contribution in [0.2, 0.25) is 0 Å². The van der Waals surface area contributed by atoms with Gasteiger partial charge in [-0.25, -0.2) is 19.9 Å². The number of aromatic nitrogens is 4. The van der Waals surface area contributed by atoms with E-state index in [1.807, 2.05) is 37.6 Å². The van der Waals surface area contributed by atoms with E-state index in [1.54, 1.807) is 0 Å². The van der Waals surface area contributed by atoms with Crippen molar-refractivity contribution in [1.29, 1.82) is 0 Å². The highest BCUT2D eigenvalue weighted by molar-refractivity contribution is 7.18. The minimum absolute atomic E-state index is 0.155. The minimum atomic E-state index is 0.155. The van der Waals surface area contributed by atoms with Crippen molar-refractivity contribution in [2.75, 3.05) is 44.8 Å². The van der Waals surface area contributed by atoms with Crippen molar-refractivity contribution in [3.05, 3.63) is 41.9 Å². The molecule has 0 unspecified atom stereocenters. The zero-order valence-corrected chi connectivity index (χ0v) is 19.5. The van der Waals surface area contributed by atoms with Crippen LogP contribution in [0.4, 0.5) is 11.1 Å². The molecule has 0 saturated carbocycles. The summed E-state index contributed by atoms with van der Waals surface area (Å²) < 4.78 is 17.0. The van der Waals surface area contributed by atoms with Crippen molar-refractivity contribution in [3.8, 4) is 16.5 Å². The summed E-state index contributed by atoms with van der Waals surface area (Å²) in [5, 5.41) is 3.92. The van der Waals surface area contributed by atoms with Crippen molar-refractivity contribution in [2.45, 2.75) is 32.4 Å². The van der Waals surface area contributed by atoms with E-state index < -0.39 is 0 Å². The van der Waals surface area contributed by atoms with E-state index in [9.17, 15) is 0 Å². The van der Waals surface area contributed by atoms with Crippen LogP contribution in [0.15, 0.2) is 30.7 Å². The molecule has 0 atom stereocenters. The summed E-state index contributed by atoms with van der Waals surface area (Å²) in [6.45, 7) is 7.78. The molecule has 3 aromatic heterocycles. The molecule has 5 heterocycles. The third kappa shape index (κ3) is 5.83. The van der Waals surface area contributed by atoms with Gasteiger partial charge in [-0.15, -0.1) is 0 Å². The molecule has 1 N–H and O–H groups in total. The number of aryl methyl sites for hydroxylation is 1. The predicted octanol–water partition coefficient (Wildman–Crippen LogP) is 3.44. The number of anilines is 2. The molecule has 3 aromatic rings. The Hall–Kier alpha value is -2.66. The maximum atomic E-state index is 6.16. The molecule has 9 nitrogen and oxygen atoms in total. The van der Waals surface area contributed by atoms with Gasteiger partial charge >= 0.3 is 0 Å². The third-order valence-corrected chi connectivity index (χ3v) is 6.62. The summed E-state index contributed by atoms with van der Waals surface area (Å²) in [6, 6.07) is 4.04. The fraction of sp³-hybridized carbons (Fsp3) is 0.478. The maximum Gasteiger partial charge on any atom is 0.228 e. The van der Waals surface area contributed by atoms with Gasteiger partial charge in [0, 0.05) is 62.2 Å². The number of thiazole rings is 1. The van der Waals surface area contributed by atoms with E-state index in [2.05, 4.69) is 25.2 Å². The highest BCUT2D eigenvalue weighted by Gasteiger charge is 2.18. The average molecular weight is 469 g/mol. The van der Waals surface area contributed by atoms with Crippen LogP contribution < -0.4 is 10.1 Å².